The van der Waals surface area contributed by atoms with E-state index in [9.17, 15) is 0 Å². The molecule has 112 valence electrons. The summed E-state index contributed by atoms with van der Waals surface area (Å²) < 4.78 is 11.3. The van der Waals surface area contributed by atoms with Crippen molar-refractivity contribution in [2.45, 2.75) is 0 Å². The van der Waals surface area contributed by atoms with E-state index in [1.807, 2.05) is 48.5 Å². The van der Waals surface area contributed by atoms with Crippen molar-refractivity contribution in [1.82, 2.24) is 0 Å². The summed E-state index contributed by atoms with van der Waals surface area (Å²) in [5, 5.41) is 0. The van der Waals surface area contributed by atoms with E-state index in [-0.39, 0.29) is 0 Å². The Labute approximate surface area is 135 Å². The summed E-state index contributed by atoms with van der Waals surface area (Å²) in [6, 6.07) is 24.4. The van der Waals surface area contributed by atoms with Gasteiger partial charge in [-0.15, -0.1) is 0 Å². The monoisotopic (exact) mass is 300 g/mol. The molecule has 1 heterocycles. The average molecular weight is 300 g/mol. The third-order valence-electron chi connectivity index (χ3n) is 4.00. The Bertz CT molecular complexity index is 829. The van der Waals surface area contributed by atoms with Gasteiger partial charge in [0.25, 0.3) is 0 Å². The van der Waals surface area contributed by atoms with Crippen molar-refractivity contribution in [2.75, 3.05) is 7.11 Å². The number of benzene rings is 3. The lowest BCUT2D eigenvalue weighted by atomic mass is 9.92. The van der Waals surface area contributed by atoms with E-state index in [0.29, 0.717) is 0 Å². The number of hydrogen-bond donors (Lipinski definition) is 0. The van der Waals surface area contributed by atoms with Crippen LogP contribution < -0.4 is 9.47 Å². The highest BCUT2D eigenvalue weighted by molar-refractivity contribution is 5.96. The second-order valence-corrected chi connectivity index (χ2v) is 5.43. The van der Waals surface area contributed by atoms with Gasteiger partial charge in [-0.25, -0.2) is 0 Å². The topological polar surface area (TPSA) is 18.5 Å². The van der Waals surface area contributed by atoms with Crippen LogP contribution in [0.5, 0.6) is 17.2 Å². The highest BCUT2D eigenvalue weighted by atomic mass is 16.5. The molecule has 3 aromatic carbocycles. The van der Waals surface area contributed by atoms with Gasteiger partial charge in [0.1, 0.15) is 17.2 Å². The van der Waals surface area contributed by atoms with Crippen LogP contribution >= 0.6 is 0 Å². The van der Waals surface area contributed by atoms with Crippen LogP contribution in [0, 0.1) is 0 Å². The van der Waals surface area contributed by atoms with Crippen LogP contribution in [0.15, 0.2) is 72.8 Å². The highest BCUT2D eigenvalue weighted by Gasteiger charge is 2.20. The number of para-hydroxylation sites is 2. The molecule has 0 bridgehead atoms. The molecule has 1 aliphatic heterocycles. The molecule has 2 nitrogen and oxygen atoms in total. The van der Waals surface area contributed by atoms with Gasteiger partial charge in [0, 0.05) is 11.1 Å². The third kappa shape index (κ3) is 2.49. The van der Waals surface area contributed by atoms with Gasteiger partial charge in [-0.05, 0) is 41.5 Å². The molecule has 0 atom stereocenters. The first kappa shape index (κ1) is 13.6. The van der Waals surface area contributed by atoms with Crippen molar-refractivity contribution in [3.63, 3.8) is 0 Å². The minimum Gasteiger partial charge on any atom is -0.497 e. The molecule has 0 saturated heterocycles. The SMILES string of the molecule is COc1ccc(C=C2c3ccccc3Oc3ccccc32)cc1. The van der Waals surface area contributed by atoms with E-state index in [1.165, 1.54) is 5.57 Å². The van der Waals surface area contributed by atoms with E-state index in [4.69, 9.17) is 9.47 Å². The van der Waals surface area contributed by atoms with Gasteiger partial charge < -0.3 is 9.47 Å². The fourth-order valence-corrected chi connectivity index (χ4v) is 2.84. The lowest BCUT2D eigenvalue weighted by Crippen LogP contribution is -2.01. The number of rotatable bonds is 2. The maximum absolute atomic E-state index is 6.02. The van der Waals surface area contributed by atoms with Crippen LogP contribution in [0.3, 0.4) is 0 Å². The predicted molar refractivity (Wildman–Crippen MR) is 92.9 cm³/mol. The van der Waals surface area contributed by atoms with Gasteiger partial charge in [-0.3, -0.25) is 0 Å². The molecular formula is C21H16O2. The Balaban J connectivity index is 1.88. The van der Waals surface area contributed by atoms with Crippen LogP contribution in [0.25, 0.3) is 11.6 Å². The summed E-state index contributed by atoms with van der Waals surface area (Å²) in [5.74, 6) is 2.65. The molecule has 0 amide bonds. The number of fused-ring (bicyclic) bond motifs is 2. The first-order valence-electron chi connectivity index (χ1n) is 7.57. The molecule has 4 rings (SSSR count). The zero-order chi connectivity index (χ0) is 15.6. The largest absolute Gasteiger partial charge is 0.497 e. The molecule has 0 aliphatic carbocycles. The summed E-state index contributed by atoms with van der Waals surface area (Å²) in [4.78, 5) is 0. The first-order valence-corrected chi connectivity index (χ1v) is 7.57. The fourth-order valence-electron chi connectivity index (χ4n) is 2.84. The molecule has 0 saturated carbocycles. The number of hydrogen-bond acceptors (Lipinski definition) is 2. The van der Waals surface area contributed by atoms with Crippen molar-refractivity contribution >= 4 is 11.6 Å². The zero-order valence-corrected chi connectivity index (χ0v) is 12.8. The van der Waals surface area contributed by atoms with Crippen LogP contribution in [0.1, 0.15) is 16.7 Å². The number of ether oxygens (including phenoxy) is 2. The Morgan fingerprint density at radius 3 is 1.87 bits per heavy atom. The molecule has 0 spiro atoms. The average Bonchev–Trinajstić information content (AvgIpc) is 2.62. The second kappa shape index (κ2) is 5.65. The lowest BCUT2D eigenvalue weighted by molar-refractivity contribution is 0.415. The highest BCUT2D eigenvalue weighted by Crippen LogP contribution is 2.43. The van der Waals surface area contributed by atoms with Gasteiger partial charge >= 0.3 is 0 Å². The van der Waals surface area contributed by atoms with Gasteiger partial charge in [0.2, 0.25) is 0 Å². The molecule has 0 unspecified atom stereocenters. The van der Waals surface area contributed by atoms with Gasteiger partial charge in [-0.2, -0.15) is 0 Å². The molecular weight excluding hydrogens is 284 g/mol. The van der Waals surface area contributed by atoms with Crippen molar-refractivity contribution in [1.29, 1.82) is 0 Å². The quantitative estimate of drug-likeness (QED) is 0.494. The summed E-state index contributed by atoms with van der Waals surface area (Å²) >= 11 is 0. The Kier molecular flexibility index (Phi) is 3.35. The normalized spacial score (nSPS) is 12.0. The Morgan fingerprint density at radius 2 is 1.30 bits per heavy atom. The molecule has 0 fully saturated rings. The van der Waals surface area contributed by atoms with Crippen molar-refractivity contribution in [3.8, 4) is 17.2 Å². The van der Waals surface area contributed by atoms with E-state index in [2.05, 4.69) is 30.3 Å². The van der Waals surface area contributed by atoms with Crippen LogP contribution in [-0.2, 0) is 0 Å². The second-order valence-electron chi connectivity index (χ2n) is 5.43. The maximum Gasteiger partial charge on any atom is 0.135 e. The summed E-state index contributed by atoms with van der Waals surface area (Å²) in [5.41, 5.74) is 4.53. The van der Waals surface area contributed by atoms with Gasteiger partial charge in [-0.1, -0.05) is 48.5 Å². The smallest absolute Gasteiger partial charge is 0.135 e. The van der Waals surface area contributed by atoms with E-state index in [1.54, 1.807) is 7.11 Å². The summed E-state index contributed by atoms with van der Waals surface area (Å²) in [6.07, 6.45) is 2.19. The Hall–Kier alpha value is -3.00. The van der Waals surface area contributed by atoms with Crippen molar-refractivity contribution in [2.24, 2.45) is 0 Å². The standard InChI is InChI=1S/C21H16O2/c1-22-16-12-10-15(11-13-16)14-19-17-6-2-4-8-20(17)23-21-9-5-3-7-18(19)21/h2-14H,1H3. The van der Waals surface area contributed by atoms with Gasteiger partial charge in [0.05, 0.1) is 7.11 Å². The van der Waals surface area contributed by atoms with Crippen molar-refractivity contribution < 1.29 is 9.47 Å². The van der Waals surface area contributed by atoms with Crippen LogP contribution in [0.4, 0.5) is 0 Å². The van der Waals surface area contributed by atoms with Crippen molar-refractivity contribution in [3.05, 3.63) is 89.5 Å². The van der Waals surface area contributed by atoms with E-state index in [0.717, 1.165) is 33.9 Å². The molecule has 1 aliphatic rings. The molecule has 0 aromatic heterocycles. The van der Waals surface area contributed by atoms with E-state index >= 15 is 0 Å². The zero-order valence-electron chi connectivity index (χ0n) is 12.8. The minimum atomic E-state index is 0.861. The molecule has 0 N–H and O–H groups in total. The molecule has 3 aromatic rings. The Morgan fingerprint density at radius 1 is 0.739 bits per heavy atom. The third-order valence-corrected chi connectivity index (χ3v) is 4.00. The van der Waals surface area contributed by atoms with Crippen LogP contribution in [-0.4, -0.2) is 7.11 Å². The molecule has 0 radical (unpaired) electrons. The first-order chi connectivity index (χ1) is 11.3. The van der Waals surface area contributed by atoms with Gasteiger partial charge in [0.15, 0.2) is 0 Å². The minimum absolute atomic E-state index is 0.861. The molecule has 2 heteroatoms. The van der Waals surface area contributed by atoms with E-state index < -0.39 is 0 Å². The summed E-state index contributed by atoms with van der Waals surface area (Å²) in [6.45, 7) is 0. The summed E-state index contributed by atoms with van der Waals surface area (Å²) in [7, 11) is 1.68. The molecule has 23 heavy (non-hydrogen) atoms. The lowest BCUT2D eigenvalue weighted by Gasteiger charge is -2.22. The number of methoxy groups -OCH3 is 1. The maximum atomic E-state index is 6.02. The van der Waals surface area contributed by atoms with Crippen LogP contribution in [0.2, 0.25) is 0 Å². The predicted octanol–water partition coefficient (Wildman–Crippen LogP) is 5.39. The fraction of sp³-hybridized carbons (Fsp3) is 0.0476.